The first-order valence-corrected chi connectivity index (χ1v) is 5.02. The highest BCUT2D eigenvalue weighted by Gasteiger charge is 2.30. The number of ether oxygens (including phenoxy) is 1. The van der Waals surface area contributed by atoms with Crippen molar-refractivity contribution in [2.45, 2.75) is 20.1 Å². The van der Waals surface area contributed by atoms with Crippen LogP contribution < -0.4 is 0 Å². The summed E-state index contributed by atoms with van der Waals surface area (Å²) in [7, 11) is 0. The van der Waals surface area contributed by atoms with E-state index in [1.807, 2.05) is 0 Å². The Kier molecular flexibility index (Phi) is 4.04. The van der Waals surface area contributed by atoms with Gasteiger partial charge in [0, 0.05) is 0 Å². The summed E-state index contributed by atoms with van der Waals surface area (Å²) in [4.78, 5) is 11.6. The monoisotopic (exact) mass is 224 g/mol. The number of esters is 1. The second-order valence-electron chi connectivity index (χ2n) is 4.27. The topological polar surface area (TPSA) is 66.8 Å². The van der Waals surface area contributed by atoms with Gasteiger partial charge in [-0.1, -0.05) is 32.0 Å². The van der Waals surface area contributed by atoms with Crippen LogP contribution in [0.2, 0.25) is 0 Å². The van der Waals surface area contributed by atoms with E-state index >= 15 is 0 Å². The SMILES string of the molecule is CC(C)(CO)C(O)OC(=O)c1ccccc1. The molecule has 2 N–H and O–H groups in total. The van der Waals surface area contributed by atoms with Gasteiger partial charge in [-0.15, -0.1) is 0 Å². The van der Waals surface area contributed by atoms with E-state index in [-0.39, 0.29) is 6.61 Å². The summed E-state index contributed by atoms with van der Waals surface area (Å²) in [6, 6.07) is 8.40. The first-order valence-electron chi connectivity index (χ1n) is 5.02. The van der Waals surface area contributed by atoms with Crippen molar-refractivity contribution in [1.82, 2.24) is 0 Å². The lowest BCUT2D eigenvalue weighted by Crippen LogP contribution is -2.36. The molecular formula is C12H16O4. The summed E-state index contributed by atoms with van der Waals surface area (Å²) in [6.07, 6.45) is -1.33. The third-order valence-electron chi connectivity index (χ3n) is 2.30. The Hall–Kier alpha value is -1.39. The number of benzene rings is 1. The highest BCUT2D eigenvalue weighted by molar-refractivity contribution is 5.89. The molecule has 0 spiro atoms. The van der Waals surface area contributed by atoms with Gasteiger partial charge in [0.1, 0.15) is 0 Å². The maximum atomic E-state index is 11.6. The molecule has 0 heterocycles. The minimum atomic E-state index is -1.33. The smallest absolute Gasteiger partial charge is 0.340 e. The van der Waals surface area contributed by atoms with E-state index in [0.717, 1.165) is 0 Å². The number of hydrogen-bond donors (Lipinski definition) is 2. The van der Waals surface area contributed by atoms with Crippen molar-refractivity contribution < 1.29 is 19.7 Å². The fraction of sp³-hybridized carbons (Fsp3) is 0.417. The van der Waals surface area contributed by atoms with Crippen LogP contribution in [0.25, 0.3) is 0 Å². The normalized spacial score (nSPS) is 13.2. The average Bonchev–Trinajstić information content (AvgIpc) is 2.30. The van der Waals surface area contributed by atoms with E-state index in [2.05, 4.69) is 0 Å². The Morgan fingerprint density at radius 1 is 1.38 bits per heavy atom. The van der Waals surface area contributed by atoms with E-state index < -0.39 is 17.7 Å². The molecule has 1 aromatic rings. The summed E-state index contributed by atoms with van der Waals surface area (Å²) >= 11 is 0. The second-order valence-corrected chi connectivity index (χ2v) is 4.27. The third kappa shape index (κ3) is 3.05. The lowest BCUT2D eigenvalue weighted by molar-refractivity contribution is -0.142. The van der Waals surface area contributed by atoms with Crippen LogP contribution in [-0.2, 0) is 4.74 Å². The molecule has 4 nitrogen and oxygen atoms in total. The molecule has 1 aromatic carbocycles. The standard InChI is InChI=1S/C12H16O4/c1-12(2,8-13)11(15)16-10(14)9-6-4-3-5-7-9/h3-7,11,13,15H,8H2,1-2H3. The zero-order valence-electron chi connectivity index (χ0n) is 9.38. The Labute approximate surface area is 94.5 Å². The summed E-state index contributed by atoms with van der Waals surface area (Å²) < 4.78 is 4.85. The average molecular weight is 224 g/mol. The highest BCUT2D eigenvalue weighted by Crippen LogP contribution is 2.21. The Bertz CT molecular complexity index is 345. The van der Waals surface area contributed by atoms with Gasteiger partial charge in [0.25, 0.3) is 0 Å². The summed E-state index contributed by atoms with van der Waals surface area (Å²) in [5.74, 6) is -0.602. The molecule has 4 heteroatoms. The molecule has 0 saturated heterocycles. The Balaban J connectivity index is 2.66. The van der Waals surface area contributed by atoms with Gasteiger partial charge in [-0.25, -0.2) is 4.79 Å². The number of carbonyl (C=O) groups is 1. The van der Waals surface area contributed by atoms with Gasteiger partial charge >= 0.3 is 5.97 Å². The van der Waals surface area contributed by atoms with Gasteiger partial charge in [0.2, 0.25) is 6.29 Å². The van der Waals surface area contributed by atoms with Crippen LogP contribution in [0.15, 0.2) is 30.3 Å². The van der Waals surface area contributed by atoms with Crippen LogP contribution in [0.3, 0.4) is 0 Å². The van der Waals surface area contributed by atoms with Crippen LogP contribution in [0.1, 0.15) is 24.2 Å². The molecule has 0 aliphatic heterocycles. The predicted molar refractivity (Wildman–Crippen MR) is 58.7 cm³/mol. The van der Waals surface area contributed by atoms with Gasteiger partial charge in [-0.3, -0.25) is 0 Å². The minimum absolute atomic E-state index is 0.268. The van der Waals surface area contributed by atoms with Crippen molar-refractivity contribution in [2.75, 3.05) is 6.61 Å². The minimum Gasteiger partial charge on any atom is -0.432 e. The number of aliphatic hydroxyl groups is 2. The Morgan fingerprint density at radius 3 is 2.44 bits per heavy atom. The Morgan fingerprint density at radius 2 is 1.94 bits per heavy atom. The lowest BCUT2D eigenvalue weighted by atomic mass is 9.94. The zero-order chi connectivity index (χ0) is 12.2. The third-order valence-corrected chi connectivity index (χ3v) is 2.30. The van der Waals surface area contributed by atoms with Crippen molar-refractivity contribution in [3.05, 3.63) is 35.9 Å². The number of rotatable bonds is 4. The molecule has 0 fully saturated rings. The van der Waals surface area contributed by atoms with Crippen molar-refractivity contribution in [1.29, 1.82) is 0 Å². The summed E-state index contributed by atoms with van der Waals surface area (Å²) in [6.45, 7) is 2.95. The first-order chi connectivity index (χ1) is 7.47. The lowest BCUT2D eigenvalue weighted by Gasteiger charge is -2.27. The molecule has 0 aliphatic carbocycles. The van der Waals surface area contributed by atoms with E-state index in [9.17, 15) is 9.90 Å². The molecule has 0 amide bonds. The molecule has 1 rings (SSSR count). The number of carbonyl (C=O) groups excluding carboxylic acids is 1. The van der Waals surface area contributed by atoms with Crippen LogP contribution in [-0.4, -0.2) is 29.1 Å². The van der Waals surface area contributed by atoms with E-state index in [1.165, 1.54) is 0 Å². The van der Waals surface area contributed by atoms with Crippen molar-refractivity contribution in [3.8, 4) is 0 Å². The second kappa shape index (κ2) is 5.09. The van der Waals surface area contributed by atoms with E-state index in [4.69, 9.17) is 9.84 Å². The van der Waals surface area contributed by atoms with Gasteiger partial charge in [0.05, 0.1) is 17.6 Å². The molecule has 0 aliphatic rings. The number of hydrogen-bond acceptors (Lipinski definition) is 4. The van der Waals surface area contributed by atoms with Crippen LogP contribution in [0.4, 0.5) is 0 Å². The largest absolute Gasteiger partial charge is 0.432 e. The van der Waals surface area contributed by atoms with Crippen molar-refractivity contribution in [2.24, 2.45) is 5.41 Å². The molecule has 1 unspecified atom stereocenters. The molecule has 0 aromatic heterocycles. The first kappa shape index (κ1) is 12.7. The molecule has 88 valence electrons. The van der Waals surface area contributed by atoms with Crippen molar-refractivity contribution in [3.63, 3.8) is 0 Å². The van der Waals surface area contributed by atoms with Gasteiger partial charge < -0.3 is 14.9 Å². The summed E-state index contributed by atoms with van der Waals surface area (Å²) in [5, 5.41) is 18.6. The van der Waals surface area contributed by atoms with E-state index in [0.29, 0.717) is 5.56 Å². The van der Waals surface area contributed by atoms with Crippen LogP contribution in [0, 0.1) is 5.41 Å². The fourth-order valence-electron chi connectivity index (χ4n) is 0.981. The molecule has 16 heavy (non-hydrogen) atoms. The summed E-state index contributed by atoms with van der Waals surface area (Å²) in [5.41, 5.74) is -0.500. The highest BCUT2D eigenvalue weighted by atomic mass is 16.6. The van der Waals surface area contributed by atoms with Gasteiger partial charge in [-0.05, 0) is 12.1 Å². The molecule has 0 saturated carbocycles. The number of aliphatic hydroxyl groups excluding tert-OH is 2. The molecule has 1 atom stereocenters. The van der Waals surface area contributed by atoms with Gasteiger partial charge in [-0.2, -0.15) is 0 Å². The zero-order valence-corrected chi connectivity index (χ0v) is 9.38. The molecular weight excluding hydrogens is 208 g/mol. The maximum absolute atomic E-state index is 11.6. The van der Waals surface area contributed by atoms with Gasteiger partial charge in [0.15, 0.2) is 0 Å². The van der Waals surface area contributed by atoms with Crippen LogP contribution in [0.5, 0.6) is 0 Å². The maximum Gasteiger partial charge on any atom is 0.340 e. The predicted octanol–water partition coefficient (Wildman–Crippen LogP) is 1.18. The quantitative estimate of drug-likeness (QED) is 0.595. The molecule has 0 bridgehead atoms. The molecule has 0 radical (unpaired) electrons. The fourth-order valence-corrected chi connectivity index (χ4v) is 0.981. The van der Waals surface area contributed by atoms with E-state index in [1.54, 1.807) is 44.2 Å². The van der Waals surface area contributed by atoms with Crippen LogP contribution >= 0.6 is 0 Å². The van der Waals surface area contributed by atoms with Crippen molar-refractivity contribution >= 4 is 5.97 Å².